The molecule has 2 aliphatic heterocycles. The van der Waals surface area contributed by atoms with E-state index in [-0.39, 0.29) is 0 Å². The first-order valence-corrected chi connectivity index (χ1v) is 8.55. The Bertz CT molecular complexity index is 720. The first-order valence-electron chi connectivity index (χ1n) is 8.55. The molecule has 24 heavy (non-hydrogen) atoms. The highest BCUT2D eigenvalue weighted by Gasteiger charge is 2.22. The van der Waals surface area contributed by atoms with Gasteiger partial charge in [0.05, 0.1) is 0 Å². The van der Waals surface area contributed by atoms with Gasteiger partial charge in [0.1, 0.15) is 13.2 Å². The second-order valence-corrected chi connectivity index (χ2v) is 6.44. The van der Waals surface area contributed by atoms with E-state index in [0.29, 0.717) is 25.1 Å². The van der Waals surface area contributed by atoms with Crippen LogP contribution in [0.5, 0.6) is 11.6 Å². The van der Waals surface area contributed by atoms with E-state index < -0.39 is 0 Å². The lowest BCUT2D eigenvalue weighted by molar-refractivity contribution is 0.162. The number of rotatable bonds is 3. The van der Waals surface area contributed by atoms with Crippen molar-refractivity contribution in [3.05, 3.63) is 53.2 Å². The summed E-state index contributed by atoms with van der Waals surface area (Å²) in [6, 6.07) is 11.1. The van der Waals surface area contributed by atoms with Crippen molar-refractivity contribution in [3.63, 3.8) is 0 Å². The van der Waals surface area contributed by atoms with Crippen LogP contribution in [0, 0.1) is 6.92 Å². The van der Waals surface area contributed by atoms with Crippen LogP contribution in [-0.2, 0) is 6.54 Å². The zero-order valence-electron chi connectivity index (χ0n) is 14.0. The van der Waals surface area contributed by atoms with E-state index in [1.165, 1.54) is 16.7 Å². The van der Waals surface area contributed by atoms with E-state index in [9.17, 15) is 0 Å². The average molecular weight is 325 g/mol. The smallest absolute Gasteiger partial charge is 0.257 e. The molecule has 1 aromatic heterocycles. The molecule has 0 unspecified atom stereocenters. The van der Waals surface area contributed by atoms with Gasteiger partial charge in [0.2, 0.25) is 0 Å². The van der Waals surface area contributed by atoms with Gasteiger partial charge in [-0.3, -0.25) is 4.90 Å². The van der Waals surface area contributed by atoms with Crippen LogP contribution in [0.15, 0.2) is 36.5 Å². The van der Waals surface area contributed by atoms with Crippen molar-refractivity contribution in [1.29, 1.82) is 0 Å². The summed E-state index contributed by atoms with van der Waals surface area (Å²) in [5, 5.41) is 3.64. The molecule has 1 aromatic carbocycles. The monoisotopic (exact) mass is 325 g/mol. The van der Waals surface area contributed by atoms with Crippen LogP contribution >= 0.6 is 0 Å². The summed E-state index contributed by atoms with van der Waals surface area (Å²) in [6.45, 7) is 7.28. The Morgan fingerprint density at radius 1 is 1.25 bits per heavy atom. The lowest BCUT2D eigenvalue weighted by atomic mass is 9.99. The number of nitrogens with one attached hydrogen (secondary N) is 1. The summed E-state index contributed by atoms with van der Waals surface area (Å²) < 4.78 is 11.1. The number of nitrogens with zero attached hydrogens (tertiary/aromatic N) is 2. The Morgan fingerprint density at radius 2 is 2.12 bits per heavy atom. The number of hydrogen-bond acceptors (Lipinski definition) is 5. The number of fused-ring (bicyclic) bond motifs is 1. The molecule has 0 amide bonds. The fourth-order valence-electron chi connectivity index (χ4n) is 3.46. The number of ether oxygens (including phenoxy) is 2. The van der Waals surface area contributed by atoms with Gasteiger partial charge in [-0.05, 0) is 29.7 Å². The third-order valence-electron chi connectivity index (χ3n) is 4.68. The topological polar surface area (TPSA) is 46.6 Å². The number of aryl methyl sites for hydroxylation is 1. The lowest BCUT2D eigenvalue weighted by Gasteiger charge is -2.34. The summed E-state index contributed by atoms with van der Waals surface area (Å²) in [5.74, 6) is 1.38. The van der Waals surface area contributed by atoms with Gasteiger partial charge in [-0.1, -0.05) is 24.3 Å². The fraction of sp³-hybridized carbons (Fsp3) is 0.421. The average Bonchev–Trinajstić information content (AvgIpc) is 2.62. The molecule has 0 aliphatic carbocycles. The molecule has 0 radical (unpaired) electrons. The molecule has 1 saturated heterocycles. The molecule has 2 aromatic rings. The van der Waals surface area contributed by atoms with Crippen LogP contribution in [-0.4, -0.2) is 42.7 Å². The minimum atomic E-state index is 0.380. The molecule has 2 aliphatic rings. The van der Waals surface area contributed by atoms with Crippen molar-refractivity contribution in [2.24, 2.45) is 0 Å². The minimum absolute atomic E-state index is 0.380. The van der Waals surface area contributed by atoms with Crippen molar-refractivity contribution in [2.45, 2.75) is 19.5 Å². The highest BCUT2D eigenvalue weighted by atomic mass is 16.6. The maximum absolute atomic E-state index is 5.64. The Hall–Kier alpha value is -2.11. The Labute approximate surface area is 142 Å². The number of hydrogen-bond donors (Lipinski definition) is 1. The van der Waals surface area contributed by atoms with Gasteiger partial charge in [0.25, 0.3) is 5.88 Å². The zero-order chi connectivity index (χ0) is 16.4. The van der Waals surface area contributed by atoms with E-state index in [1.807, 2.05) is 6.20 Å². The summed E-state index contributed by atoms with van der Waals surface area (Å²) in [4.78, 5) is 6.86. The molecular formula is C19H23N3O2. The predicted molar refractivity (Wildman–Crippen MR) is 92.4 cm³/mol. The van der Waals surface area contributed by atoms with Crippen LogP contribution in [0.4, 0.5) is 0 Å². The third-order valence-corrected chi connectivity index (χ3v) is 4.68. The largest absolute Gasteiger partial charge is 0.484 e. The van der Waals surface area contributed by atoms with Gasteiger partial charge in [-0.2, -0.15) is 0 Å². The van der Waals surface area contributed by atoms with Crippen LogP contribution in [0.25, 0.3) is 0 Å². The first kappa shape index (κ1) is 15.4. The normalized spacial score (nSPS) is 20.8. The quantitative estimate of drug-likeness (QED) is 0.938. The molecule has 0 spiro atoms. The van der Waals surface area contributed by atoms with Crippen molar-refractivity contribution < 1.29 is 9.47 Å². The fourth-order valence-corrected chi connectivity index (χ4v) is 3.46. The van der Waals surface area contributed by atoms with E-state index in [4.69, 9.17) is 9.47 Å². The SMILES string of the molecule is Cc1ccccc1[C@@H]1CN(Cc2cnc3c(c2)OCCO3)CCN1. The number of pyridine rings is 1. The van der Waals surface area contributed by atoms with E-state index in [0.717, 1.165) is 31.9 Å². The zero-order valence-corrected chi connectivity index (χ0v) is 14.0. The molecule has 5 nitrogen and oxygen atoms in total. The van der Waals surface area contributed by atoms with Gasteiger partial charge in [0, 0.05) is 38.4 Å². The van der Waals surface area contributed by atoms with Crippen LogP contribution in [0.3, 0.4) is 0 Å². The molecular weight excluding hydrogens is 302 g/mol. The van der Waals surface area contributed by atoms with Gasteiger partial charge >= 0.3 is 0 Å². The third kappa shape index (κ3) is 3.23. The Kier molecular flexibility index (Phi) is 4.36. The van der Waals surface area contributed by atoms with Crippen molar-refractivity contribution in [2.75, 3.05) is 32.8 Å². The summed E-state index contributed by atoms with van der Waals surface area (Å²) in [5.41, 5.74) is 3.91. The summed E-state index contributed by atoms with van der Waals surface area (Å²) in [6.07, 6.45) is 1.90. The molecule has 4 rings (SSSR count). The highest BCUT2D eigenvalue weighted by Crippen LogP contribution is 2.29. The predicted octanol–water partition coefficient (Wildman–Crippen LogP) is 2.31. The van der Waals surface area contributed by atoms with Crippen molar-refractivity contribution in [1.82, 2.24) is 15.2 Å². The minimum Gasteiger partial charge on any atom is -0.484 e. The van der Waals surface area contributed by atoms with Gasteiger partial charge in [0.15, 0.2) is 5.75 Å². The van der Waals surface area contributed by atoms with Gasteiger partial charge in [-0.15, -0.1) is 0 Å². The maximum atomic E-state index is 5.64. The first-order chi connectivity index (χ1) is 11.8. The van der Waals surface area contributed by atoms with E-state index in [2.05, 4.69) is 52.5 Å². The molecule has 0 saturated carbocycles. The molecule has 0 bridgehead atoms. The van der Waals surface area contributed by atoms with Crippen LogP contribution in [0.1, 0.15) is 22.7 Å². The molecule has 1 N–H and O–H groups in total. The number of aromatic nitrogens is 1. The Morgan fingerprint density at radius 3 is 3.04 bits per heavy atom. The maximum Gasteiger partial charge on any atom is 0.257 e. The Balaban J connectivity index is 1.46. The second kappa shape index (κ2) is 6.79. The molecule has 1 fully saturated rings. The number of piperazine rings is 1. The molecule has 126 valence electrons. The lowest BCUT2D eigenvalue weighted by Crippen LogP contribution is -2.45. The highest BCUT2D eigenvalue weighted by molar-refractivity contribution is 5.37. The second-order valence-electron chi connectivity index (χ2n) is 6.44. The van der Waals surface area contributed by atoms with E-state index in [1.54, 1.807) is 0 Å². The van der Waals surface area contributed by atoms with Crippen LogP contribution < -0.4 is 14.8 Å². The summed E-state index contributed by atoms with van der Waals surface area (Å²) >= 11 is 0. The van der Waals surface area contributed by atoms with Crippen molar-refractivity contribution >= 4 is 0 Å². The number of benzene rings is 1. The molecule has 1 atom stereocenters. The van der Waals surface area contributed by atoms with E-state index >= 15 is 0 Å². The summed E-state index contributed by atoms with van der Waals surface area (Å²) in [7, 11) is 0. The molecule has 3 heterocycles. The standard InChI is InChI=1S/C19H23N3O2/c1-14-4-2-3-5-16(14)17-13-22(7-6-20-17)12-15-10-18-19(21-11-15)24-9-8-23-18/h2-5,10-11,17,20H,6-9,12-13H2,1H3/t17-/m0/s1. The van der Waals surface area contributed by atoms with Crippen molar-refractivity contribution in [3.8, 4) is 11.6 Å². The van der Waals surface area contributed by atoms with Gasteiger partial charge < -0.3 is 14.8 Å². The van der Waals surface area contributed by atoms with Crippen LogP contribution in [0.2, 0.25) is 0 Å². The van der Waals surface area contributed by atoms with Gasteiger partial charge in [-0.25, -0.2) is 4.98 Å². The molecule has 5 heteroatoms.